The predicted molar refractivity (Wildman–Crippen MR) is 46.4 cm³/mol. The molecule has 3 nitrogen and oxygen atoms in total. The van der Waals surface area contributed by atoms with E-state index in [1.807, 2.05) is 20.1 Å². The quantitative estimate of drug-likeness (QED) is 0.593. The molecule has 1 fully saturated rings. The molecule has 2 heterocycles. The molecule has 68 valence electrons. The van der Waals surface area contributed by atoms with E-state index >= 15 is 0 Å². The number of hydrogen-bond acceptors (Lipinski definition) is 3. The van der Waals surface area contributed by atoms with E-state index in [9.17, 15) is 0 Å². The van der Waals surface area contributed by atoms with Gasteiger partial charge in [-0.15, -0.1) is 0 Å². The van der Waals surface area contributed by atoms with Gasteiger partial charge in [0.1, 0.15) is 12.2 Å². The first-order chi connectivity index (χ1) is 5.62. The lowest BCUT2D eigenvalue weighted by molar-refractivity contribution is -0.144. The first-order valence-corrected chi connectivity index (χ1v) is 4.51. The summed E-state index contributed by atoms with van der Waals surface area (Å²) >= 11 is 0. The number of aliphatic imine (C=N–C) groups is 1. The average molecular weight is 169 g/mol. The van der Waals surface area contributed by atoms with Gasteiger partial charge in [0, 0.05) is 6.21 Å². The maximum absolute atomic E-state index is 5.73. The van der Waals surface area contributed by atoms with Crippen LogP contribution in [0.3, 0.4) is 0 Å². The van der Waals surface area contributed by atoms with Gasteiger partial charge >= 0.3 is 0 Å². The highest BCUT2D eigenvalue weighted by molar-refractivity contribution is 5.68. The molecule has 0 amide bonds. The molecule has 0 bridgehead atoms. The molecule has 2 aliphatic heterocycles. The van der Waals surface area contributed by atoms with E-state index in [2.05, 4.69) is 11.9 Å². The summed E-state index contributed by atoms with van der Waals surface area (Å²) in [6.07, 6.45) is 3.15. The van der Waals surface area contributed by atoms with Crippen LogP contribution in [0, 0.1) is 0 Å². The van der Waals surface area contributed by atoms with Crippen molar-refractivity contribution >= 4 is 6.21 Å². The fourth-order valence-electron chi connectivity index (χ4n) is 1.85. The Balaban J connectivity index is 2.11. The molecule has 0 aromatic carbocycles. The second-order valence-electron chi connectivity index (χ2n) is 3.84. The lowest BCUT2D eigenvalue weighted by Gasteiger charge is -2.19. The first kappa shape index (κ1) is 8.20. The summed E-state index contributed by atoms with van der Waals surface area (Å²) < 4.78 is 11.4. The lowest BCUT2D eigenvalue weighted by atomic mass is 10.1. The fourth-order valence-corrected chi connectivity index (χ4v) is 1.85. The molecule has 0 aromatic rings. The van der Waals surface area contributed by atoms with Crippen molar-refractivity contribution in [1.82, 2.24) is 0 Å². The van der Waals surface area contributed by atoms with E-state index in [4.69, 9.17) is 9.47 Å². The predicted octanol–water partition coefficient (Wildman–Crippen LogP) is 1.37. The van der Waals surface area contributed by atoms with Gasteiger partial charge in [-0.25, -0.2) is 0 Å². The maximum Gasteiger partial charge on any atom is 0.164 e. The summed E-state index contributed by atoms with van der Waals surface area (Å²) in [5.74, 6) is -0.421. The molecule has 3 heteroatoms. The summed E-state index contributed by atoms with van der Waals surface area (Å²) in [5, 5.41) is 0. The molecule has 0 saturated carbocycles. The molecule has 12 heavy (non-hydrogen) atoms. The molecule has 0 aromatic heterocycles. The van der Waals surface area contributed by atoms with Crippen LogP contribution in [-0.4, -0.2) is 30.3 Å². The van der Waals surface area contributed by atoms with Gasteiger partial charge in [0.15, 0.2) is 5.79 Å². The van der Waals surface area contributed by atoms with Crippen molar-refractivity contribution in [3.63, 3.8) is 0 Å². The largest absolute Gasteiger partial charge is 0.342 e. The summed E-state index contributed by atoms with van der Waals surface area (Å²) in [4.78, 5) is 4.33. The second-order valence-corrected chi connectivity index (χ2v) is 3.84. The third-order valence-corrected chi connectivity index (χ3v) is 2.39. The Morgan fingerprint density at radius 2 is 2.17 bits per heavy atom. The van der Waals surface area contributed by atoms with Crippen molar-refractivity contribution in [2.24, 2.45) is 4.99 Å². The smallest absolute Gasteiger partial charge is 0.164 e. The van der Waals surface area contributed by atoms with E-state index < -0.39 is 5.79 Å². The zero-order valence-electron chi connectivity index (χ0n) is 7.78. The molecule has 2 unspecified atom stereocenters. The molecule has 2 aliphatic rings. The SMILES string of the molecule is CC[C@H]1N=CC2OC(C)(C)OC21. The molecule has 0 N–H and O–H groups in total. The monoisotopic (exact) mass is 169 g/mol. The zero-order valence-corrected chi connectivity index (χ0v) is 7.78. The molecule has 0 spiro atoms. The Morgan fingerprint density at radius 3 is 2.83 bits per heavy atom. The molecular formula is C9H15NO2. The summed E-state index contributed by atoms with van der Waals surface area (Å²) in [5.41, 5.74) is 0. The van der Waals surface area contributed by atoms with Gasteiger partial charge < -0.3 is 9.47 Å². The third-order valence-electron chi connectivity index (χ3n) is 2.39. The Hall–Kier alpha value is -0.410. The minimum Gasteiger partial charge on any atom is -0.342 e. The maximum atomic E-state index is 5.73. The summed E-state index contributed by atoms with van der Waals surface area (Å²) in [6, 6.07) is 0.303. The van der Waals surface area contributed by atoms with Gasteiger partial charge in [0.05, 0.1) is 6.04 Å². The Kier molecular flexibility index (Phi) is 1.73. The van der Waals surface area contributed by atoms with Crippen LogP contribution in [0.2, 0.25) is 0 Å². The van der Waals surface area contributed by atoms with Crippen LogP contribution in [0.5, 0.6) is 0 Å². The van der Waals surface area contributed by atoms with Crippen LogP contribution in [0.1, 0.15) is 27.2 Å². The minimum absolute atomic E-state index is 0.0879. The lowest BCUT2D eigenvalue weighted by Crippen LogP contribution is -2.28. The Labute approximate surface area is 72.8 Å². The van der Waals surface area contributed by atoms with E-state index in [0.717, 1.165) is 6.42 Å². The third kappa shape index (κ3) is 1.17. The number of rotatable bonds is 1. The van der Waals surface area contributed by atoms with Crippen LogP contribution < -0.4 is 0 Å². The summed E-state index contributed by atoms with van der Waals surface area (Å²) in [6.45, 7) is 6.02. The van der Waals surface area contributed by atoms with Crippen molar-refractivity contribution in [2.45, 2.75) is 51.2 Å². The van der Waals surface area contributed by atoms with Crippen LogP contribution >= 0.6 is 0 Å². The number of hydrogen-bond donors (Lipinski definition) is 0. The highest BCUT2D eigenvalue weighted by atomic mass is 16.8. The average Bonchev–Trinajstić information content (AvgIpc) is 2.42. The molecule has 3 atom stereocenters. The van der Waals surface area contributed by atoms with Crippen molar-refractivity contribution < 1.29 is 9.47 Å². The van der Waals surface area contributed by atoms with E-state index in [1.54, 1.807) is 0 Å². The van der Waals surface area contributed by atoms with Gasteiger partial charge in [-0.2, -0.15) is 0 Å². The Bertz CT molecular complexity index is 213. The van der Waals surface area contributed by atoms with Gasteiger partial charge in [-0.05, 0) is 20.3 Å². The number of fused-ring (bicyclic) bond motifs is 1. The molecule has 1 saturated heterocycles. The summed E-state index contributed by atoms with van der Waals surface area (Å²) in [7, 11) is 0. The van der Waals surface area contributed by atoms with E-state index in [0.29, 0.717) is 6.04 Å². The topological polar surface area (TPSA) is 30.8 Å². The zero-order chi connectivity index (χ0) is 8.77. The van der Waals surface area contributed by atoms with Crippen molar-refractivity contribution in [3.05, 3.63) is 0 Å². The van der Waals surface area contributed by atoms with Crippen LogP contribution in [0.25, 0.3) is 0 Å². The van der Waals surface area contributed by atoms with E-state index in [1.165, 1.54) is 0 Å². The van der Waals surface area contributed by atoms with Crippen LogP contribution in [0.4, 0.5) is 0 Å². The molecular weight excluding hydrogens is 154 g/mol. The highest BCUT2D eigenvalue weighted by Gasteiger charge is 2.46. The molecule has 2 rings (SSSR count). The molecule has 0 aliphatic carbocycles. The highest BCUT2D eigenvalue weighted by Crippen LogP contribution is 2.33. The molecule has 0 radical (unpaired) electrons. The standard InChI is InChI=1S/C9H15NO2/c1-4-6-8-7(5-10-6)11-9(2,3)12-8/h5-8H,4H2,1-3H3/t6-,7?,8?/m1/s1. The van der Waals surface area contributed by atoms with Gasteiger partial charge in [0.25, 0.3) is 0 Å². The van der Waals surface area contributed by atoms with Gasteiger partial charge in [-0.1, -0.05) is 6.92 Å². The Morgan fingerprint density at radius 1 is 1.42 bits per heavy atom. The normalized spacial score (nSPS) is 43.4. The van der Waals surface area contributed by atoms with Crippen molar-refractivity contribution in [2.75, 3.05) is 0 Å². The minimum atomic E-state index is -0.421. The van der Waals surface area contributed by atoms with Crippen molar-refractivity contribution in [1.29, 1.82) is 0 Å². The first-order valence-electron chi connectivity index (χ1n) is 4.51. The fraction of sp³-hybridized carbons (Fsp3) is 0.889. The van der Waals surface area contributed by atoms with Crippen LogP contribution in [-0.2, 0) is 9.47 Å². The van der Waals surface area contributed by atoms with E-state index in [-0.39, 0.29) is 12.2 Å². The van der Waals surface area contributed by atoms with Crippen LogP contribution in [0.15, 0.2) is 4.99 Å². The second kappa shape index (κ2) is 2.54. The number of nitrogens with zero attached hydrogens (tertiary/aromatic N) is 1. The van der Waals surface area contributed by atoms with Gasteiger partial charge in [-0.3, -0.25) is 4.99 Å². The number of ether oxygens (including phenoxy) is 2. The van der Waals surface area contributed by atoms with Gasteiger partial charge in [0.2, 0.25) is 0 Å². The van der Waals surface area contributed by atoms with Crippen molar-refractivity contribution in [3.8, 4) is 0 Å².